The third kappa shape index (κ3) is 22.8. The molecule has 10 saturated heterocycles. The molecule has 23 nitrogen and oxygen atoms in total. The molecule has 0 spiro atoms. The van der Waals surface area contributed by atoms with Crippen molar-refractivity contribution < 1.29 is 245 Å². The van der Waals surface area contributed by atoms with E-state index in [2.05, 4.69) is 4.89 Å². The van der Waals surface area contributed by atoms with Gasteiger partial charge in [0.2, 0.25) is 0 Å². The number of carbonyl (C=O) groups excluding carboxylic acids is 4. The van der Waals surface area contributed by atoms with Gasteiger partial charge in [0, 0.05) is 39.7 Å². The number of rotatable bonds is 4. The van der Waals surface area contributed by atoms with Crippen LogP contribution in [0.15, 0.2) is 0 Å². The zero-order valence-corrected chi connectivity index (χ0v) is 46.1. The van der Waals surface area contributed by atoms with Gasteiger partial charge in [-0.3, -0.25) is 19.2 Å². The first-order valence-electron chi connectivity index (χ1n) is 20.2. The molecule has 0 bridgehead atoms. The molecular formula is C40H71K2NaO23. The fourth-order valence-electron chi connectivity index (χ4n) is 8.17. The number of esters is 3. The Hall–Kier alpha value is 1.55. The van der Waals surface area contributed by atoms with Gasteiger partial charge in [-0.25, -0.2) is 0 Å². The predicted molar refractivity (Wildman–Crippen MR) is 209 cm³/mol. The van der Waals surface area contributed by atoms with Gasteiger partial charge in [-0.2, -0.15) is 0 Å². The molecule has 10 heterocycles. The van der Waals surface area contributed by atoms with Gasteiger partial charge >= 0.3 is 150 Å². The van der Waals surface area contributed by atoms with Crippen LogP contribution in [0.5, 0.6) is 0 Å². The Kier molecular flexibility index (Phi) is 42.5. The molecule has 10 aliphatic heterocycles. The third-order valence-electron chi connectivity index (χ3n) is 11.0. The third-order valence-corrected chi connectivity index (χ3v) is 11.0. The Labute approximate surface area is 496 Å². The summed E-state index contributed by atoms with van der Waals surface area (Å²) in [5, 5.41) is 33.8. The van der Waals surface area contributed by atoms with Gasteiger partial charge in [-0.15, -0.1) is 0 Å². The summed E-state index contributed by atoms with van der Waals surface area (Å²) in [7, 11) is 1.00. The minimum atomic E-state index is -0.280. The average molecular weight is 1020 g/mol. The smallest absolute Gasteiger partial charge is 1.00 e. The minimum absolute atomic E-state index is 0. The summed E-state index contributed by atoms with van der Waals surface area (Å²) in [6.45, 7) is 10.1. The van der Waals surface area contributed by atoms with Crippen molar-refractivity contribution in [2.45, 2.75) is 130 Å². The second-order valence-corrected chi connectivity index (χ2v) is 14.9. The maximum atomic E-state index is 10.7. The number of aliphatic hydroxyl groups is 3. The number of aliphatic hydroxyl groups excluding tert-OH is 3. The summed E-state index contributed by atoms with van der Waals surface area (Å²) in [5.41, 5.74) is 0. The largest absolute Gasteiger partial charge is 1.00 e. The number of hydrogen-bond acceptors (Lipinski definition) is 23. The summed E-state index contributed by atoms with van der Waals surface area (Å²) >= 11 is 0. The van der Waals surface area contributed by atoms with Gasteiger partial charge in [0.05, 0.1) is 96.0 Å². The van der Waals surface area contributed by atoms with Crippen molar-refractivity contribution >= 4 is 24.4 Å². The molecule has 0 amide bonds. The summed E-state index contributed by atoms with van der Waals surface area (Å²) in [4.78, 5) is 43.3. The Balaban J connectivity index is -0.000000352. The van der Waals surface area contributed by atoms with Crippen LogP contribution in [0.1, 0.15) is 69.2 Å². The number of hydrogen-bond donors (Lipinski definition) is 3. The zero-order valence-electron chi connectivity index (χ0n) is 38.9. The summed E-state index contributed by atoms with van der Waals surface area (Å²) < 4.78 is 67.5. The van der Waals surface area contributed by atoms with Gasteiger partial charge in [0.1, 0.15) is 18.3 Å². The average Bonchev–Trinajstić information content (AvgIpc) is 4.06. The Morgan fingerprint density at radius 1 is 0.500 bits per heavy atom. The van der Waals surface area contributed by atoms with Crippen LogP contribution in [0.3, 0.4) is 0 Å². The molecule has 10 fully saturated rings. The first kappa shape index (κ1) is 71.8. The second-order valence-electron chi connectivity index (χ2n) is 14.9. The van der Waals surface area contributed by atoms with Gasteiger partial charge < -0.3 is 93.9 Å². The molecule has 0 aromatic carbocycles. The van der Waals surface area contributed by atoms with Crippen molar-refractivity contribution in [2.75, 3.05) is 73.2 Å². The minimum Gasteiger partial charge on any atom is -1.00 e. The van der Waals surface area contributed by atoms with Gasteiger partial charge in [-0.05, 0) is 32.1 Å². The fourth-order valence-corrected chi connectivity index (χ4v) is 8.17. The van der Waals surface area contributed by atoms with Crippen LogP contribution in [0.4, 0.5) is 0 Å². The molecule has 26 heteroatoms. The molecule has 0 unspecified atom stereocenters. The van der Waals surface area contributed by atoms with Crippen LogP contribution in [0.25, 0.3) is 0 Å². The maximum Gasteiger partial charge on any atom is 1.00 e. The van der Waals surface area contributed by atoms with Crippen molar-refractivity contribution in [1.82, 2.24) is 0 Å². The molecule has 372 valence electrons. The standard InChI is InChI=1S/3C8H12O4.2C6H10O3.CH2O3.CH4O.2CH4.2K.Na.H2O.H/c3*1-5(9)12-7-4-11-8-6(7)2-3-10-8;2*7-5-3-9-6-4(5)1-2-8-6;2-1-4-3;1-2;;;;;;;/h3*6-8H,2-4H2,1H3;2*4-7H,1-3H2;1,3H;2H,1H3;2*1H4;;;;1H2;/q;;;;;;;;;3*+1;;-1/p-2/t3*6-,7-,8+;2*4-,5-,6+;;;;;;;;;/m10010........./s1. The molecule has 66 heavy (non-hydrogen) atoms. The van der Waals surface area contributed by atoms with Gasteiger partial charge in [0.15, 0.2) is 31.5 Å². The SMILES string of the molecule is C.C.CC(=O)O[C@@H]1CO[C@@H]2OCC[C@@H]21.CC(=O)O[C@H]1CO[C@H]2OCC[C@H]21.CC(=O)O[C@H]1CO[C@H]2OCC[C@H]21.CO.O=CO[O-].O[C@@H]1CO[C@@H]2OCC[C@@H]21.O[C@H]1CO[C@H]2OCC[C@H]21.[H-].[K+].[K+].[Na+].[OH-]. The van der Waals surface area contributed by atoms with Crippen LogP contribution >= 0.6 is 0 Å². The first-order chi connectivity index (χ1) is 29.0. The Morgan fingerprint density at radius 2 is 0.712 bits per heavy atom. The summed E-state index contributed by atoms with van der Waals surface area (Å²) in [5.74, 6) is 0.565. The van der Waals surface area contributed by atoms with Crippen LogP contribution in [0, 0.1) is 29.6 Å². The Morgan fingerprint density at radius 3 is 0.924 bits per heavy atom. The van der Waals surface area contributed by atoms with Gasteiger partial charge in [0.25, 0.3) is 6.47 Å². The van der Waals surface area contributed by atoms with Crippen LogP contribution in [0.2, 0.25) is 0 Å². The van der Waals surface area contributed by atoms with E-state index in [1.54, 1.807) is 0 Å². The topological polar surface area (TPSA) is 311 Å². The van der Waals surface area contributed by atoms with E-state index in [1.165, 1.54) is 20.8 Å². The van der Waals surface area contributed by atoms with Crippen molar-refractivity contribution in [3.63, 3.8) is 0 Å². The molecule has 10 rings (SSSR count). The quantitative estimate of drug-likeness (QED) is 0.0588. The molecule has 0 saturated carbocycles. The molecule has 0 aromatic rings. The van der Waals surface area contributed by atoms with E-state index < -0.39 is 0 Å². The van der Waals surface area contributed by atoms with E-state index >= 15 is 0 Å². The number of fused-ring (bicyclic) bond motifs is 5. The summed E-state index contributed by atoms with van der Waals surface area (Å²) in [6, 6.07) is 0. The molecule has 4 N–H and O–H groups in total. The van der Waals surface area contributed by atoms with Crippen molar-refractivity contribution in [1.29, 1.82) is 0 Å². The molecular weight excluding hydrogens is 950 g/mol. The summed E-state index contributed by atoms with van der Waals surface area (Å²) in [6.07, 6.45) is 3.29. The number of carbonyl (C=O) groups is 4. The Bertz CT molecular complexity index is 1190. The van der Waals surface area contributed by atoms with E-state index in [0.717, 1.165) is 52.4 Å². The molecule has 0 aliphatic carbocycles. The van der Waals surface area contributed by atoms with E-state index in [4.69, 9.17) is 76.7 Å². The monoisotopic (exact) mass is 1020 g/mol. The van der Waals surface area contributed by atoms with Crippen molar-refractivity contribution in [2.24, 2.45) is 29.6 Å². The van der Waals surface area contributed by atoms with Crippen LogP contribution in [-0.4, -0.2) is 180 Å². The predicted octanol–water partition coefficient (Wildman–Crippen LogP) is -9.32. The molecule has 0 radical (unpaired) electrons. The normalized spacial score (nSPS) is 35.5. The first-order valence-corrected chi connectivity index (χ1v) is 20.2. The van der Waals surface area contributed by atoms with Crippen molar-refractivity contribution in [3.8, 4) is 0 Å². The molecule has 0 aromatic heterocycles. The van der Waals surface area contributed by atoms with Crippen LogP contribution in [-0.2, 0) is 85.6 Å². The van der Waals surface area contributed by atoms with Crippen molar-refractivity contribution in [3.05, 3.63) is 0 Å². The molecule has 15 atom stereocenters. The zero-order chi connectivity index (χ0) is 43.6. The molecule has 10 aliphatic rings. The van der Waals surface area contributed by atoms with E-state index in [9.17, 15) is 24.6 Å². The van der Waals surface area contributed by atoms with E-state index in [1.807, 2.05) is 0 Å². The maximum absolute atomic E-state index is 10.7. The van der Waals surface area contributed by atoms with E-state index in [-0.39, 0.29) is 270 Å². The van der Waals surface area contributed by atoms with E-state index in [0.29, 0.717) is 52.9 Å². The second kappa shape index (κ2) is 39.1. The van der Waals surface area contributed by atoms with Gasteiger partial charge in [-0.1, -0.05) is 14.9 Å². The number of ether oxygens (including phenoxy) is 13. The van der Waals surface area contributed by atoms with Crippen LogP contribution < -0.4 is 138 Å². The fraction of sp³-hybridized carbons (Fsp3) is 0.900.